The number of benzene rings is 3. The molecule has 0 aliphatic carbocycles. The smallest absolute Gasteiger partial charge is 0.363 e. The van der Waals surface area contributed by atoms with Crippen LogP contribution in [-0.2, 0) is 9.53 Å². The lowest BCUT2D eigenvalue weighted by Gasteiger charge is -2.09. The molecule has 0 atom stereocenters. The maximum absolute atomic E-state index is 12.7. The number of nitrogens with zero attached hydrogens (tertiary/aromatic N) is 2. The van der Waals surface area contributed by atoms with Gasteiger partial charge < -0.3 is 9.47 Å². The number of aryl methyl sites for hydroxylation is 2. The van der Waals surface area contributed by atoms with Gasteiger partial charge in [-0.05, 0) is 74.5 Å². The number of methoxy groups -OCH3 is 1. The van der Waals surface area contributed by atoms with Gasteiger partial charge >= 0.3 is 5.97 Å². The van der Waals surface area contributed by atoms with E-state index in [1.807, 2.05) is 37.3 Å². The number of pyridine rings is 1. The topological polar surface area (TPSA) is 60.8 Å². The zero-order valence-electron chi connectivity index (χ0n) is 19.0. The number of fused-ring (bicyclic) bond motifs is 1. The molecule has 6 heteroatoms. The van der Waals surface area contributed by atoms with E-state index in [-0.39, 0.29) is 11.6 Å². The third-order valence-electron chi connectivity index (χ3n) is 5.45. The third kappa shape index (κ3) is 4.58. The Labute approximate surface area is 202 Å². The van der Waals surface area contributed by atoms with Crippen molar-refractivity contribution in [1.29, 1.82) is 0 Å². The fourth-order valence-electron chi connectivity index (χ4n) is 3.61. The Hall–Kier alpha value is -3.90. The van der Waals surface area contributed by atoms with Gasteiger partial charge in [0.15, 0.2) is 5.70 Å². The number of ether oxygens (including phenoxy) is 2. The van der Waals surface area contributed by atoms with E-state index in [1.165, 1.54) is 5.56 Å². The maximum atomic E-state index is 12.7. The first-order valence-electron chi connectivity index (χ1n) is 10.8. The van der Waals surface area contributed by atoms with Gasteiger partial charge in [-0.3, -0.25) is 0 Å². The maximum Gasteiger partial charge on any atom is 0.363 e. The molecule has 0 N–H and O–H groups in total. The second kappa shape index (κ2) is 9.15. The summed E-state index contributed by atoms with van der Waals surface area (Å²) in [6, 6.07) is 23.7. The lowest BCUT2D eigenvalue weighted by Crippen LogP contribution is -2.05. The molecular weight excluding hydrogens is 444 g/mol. The molecule has 3 aromatic carbocycles. The number of carbonyl (C=O) groups is 1. The van der Waals surface area contributed by atoms with Crippen LogP contribution in [0.5, 0.6) is 5.75 Å². The van der Waals surface area contributed by atoms with Crippen LogP contribution in [0.15, 0.2) is 93.4 Å². The largest absolute Gasteiger partial charge is 0.497 e. The van der Waals surface area contributed by atoms with Crippen molar-refractivity contribution < 1.29 is 14.3 Å². The van der Waals surface area contributed by atoms with E-state index in [9.17, 15) is 4.79 Å². The van der Waals surface area contributed by atoms with Crippen LogP contribution >= 0.6 is 11.8 Å². The summed E-state index contributed by atoms with van der Waals surface area (Å²) in [6.45, 7) is 4.11. The number of rotatable bonds is 5. The molecule has 0 spiro atoms. The van der Waals surface area contributed by atoms with E-state index in [4.69, 9.17) is 14.5 Å². The average molecular weight is 467 g/mol. The molecule has 0 radical (unpaired) electrons. The van der Waals surface area contributed by atoms with E-state index in [0.717, 1.165) is 37.7 Å². The number of hydrogen-bond acceptors (Lipinski definition) is 6. The molecule has 0 bridgehead atoms. The van der Waals surface area contributed by atoms with Crippen LogP contribution < -0.4 is 4.74 Å². The van der Waals surface area contributed by atoms with Crippen molar-refractivity contribution in [2.45, 2.75) is 23.8 Å². The molecule has 34 heavy (non-hydrogen) atoms. The van der Waals surface area contributed by atoms with Crippen LogP contribution in [0, 0.1) is 13.8 Å². The lowest BCUT2D eigenvalue weighted by atomic mass is 10.1. The molecular formula is C28H22N2O3S. The van der Waals surface area contributed by atoms with Gasteiger partial charge in [0.1, 0.15) is 10.8 Å². The molecule has 1 aliphatic heterocycles. The number of hydrogen-bond donors (Lipinski definition) is 0. The number of carbonyl (C=O) groups excluding carboxylic acids is 1. The number of esters is 1. The molecule has 1 aromatic heterocycles. The van der Waals surface area contributed by atoms with Crippen LogP contribution in [0.3, 0.4) is 0 Å². The Kier molecular flexibility index (Phi) is 5.90. The molecule has 0 amide bonds. The molecule has 0 unspecified atom stereocenters. The molecule has 4 aromatic rings. The molecule has 2 heterocycles. The first kappa shape index (κ1) is 21.9. The summed E-state index contributed by atoms with van der Waals surface area (Å²) >= 11 is 1.56. The standard InChI is InChI=1S/C28H22N2O3S/c1-17-4-11-23(12-5-17)34-27-21(15-20-14-18(2)6-13-24(20)30-27)16-25-28(31)33-26(29-25)19-7-9-22(32-3)10-8-19/h4-16H,1-3H3/b25-16+. The molecule has 0 saturated carbocycles. The van der Waals surface area contributed by atoms with Crippen LogP contribution in [-0.4, -0.2) is 24.0 Å². The fourth-order valence-corrected chi connectivity index (χ4v) is 4.49. The number of cyclic esters (lactones) is 1. The lowest BCUT2D eigenvalue weighted by molar-refractivity contribution is -0.129. The Balaban J connectivity index is 1.57. The van der Waals surface area contributed by atoms with Crippen LogP contribution in [0.25, 0.3) is 17.0 Å². The van der Waals surface area contributed by atoms with E-state index in [1.54, 1.807) is 37.1 Å². The molecule has 0 saturated heterocycles. The fraction of sp³-hybridized carbons (Fsp3) is 0.107. The minimum absolute atomic E-state index is 0.241. The Morgan fingerprint density at radius 3 is 2.38 bits per heavy atom. The highest BCUT2D eigenvalue weighted by molar-refractivity contribution is 7.99. The average Bonchev–Trinajstić information content (AvgIpc) is 3.21. The zero-order valence-corrected chi connectivity index (χ0v) is 19.8. The van der Waals surface area contributed by atoms with Crippen molar-refractivity contribution in [3.63, 3.8) is 0 Å². The van der Waals surface area contributed by atoms with Crippen LogP contribution in [0.1, 0.15) is 22.3 Å². The van der Waals surface area contributed by atoms with Crippen LogP contribution in [0.4, 0.5) is 0 Å². The van der Waals surface area contributed by atoms with E-state index in [0.29, 0.717) is 5.56 Å². The molecule has 5 rings (SSSR count). The minimum atomic E-state index is -0.485. The Morgan fingerprint density at radius 1 is 0.912 bits per heavy atom. The van der Waals surface area contributed by atoms with Gasteiger partial charge in [-0.15, -0.1) is 0 Å². The highest BCUT2D eigenvalue weighted by atomic mass is 32.2. The van der Waals surface area contributed by atoms with Gasteiger partial charge in [0, 0.05) is 21.4 Å². The molecule has 5 nitrogen and oxygen atoms in total. The second-order valence-corrected chi connectivity index (χ2v) is 9.12. The highest BCUT2D eigenvalue weighted by Crippen LogP contribution is 2.33. The van der Waals surface area contributed by atoms with E-state index < -0.39 is 5.97 Å². The normalized spacial score (nSPS) is 14.4. The Morgan fingerprint density at radius 2 is 1.65 bits per heavy atom. The summed E-state index contributed by atoms with van der Waals surface area (Å²) in [5.41, 5.74) is 5.01. The summed E-state index contributed by atoms with van der Waals surface area (Å²) < 4.78 is 10.7. The predicted molar refractivity (Wildman–Crippen MR) is 135 cm³/mol. The van der Waals surface area contributed by atoms with Crippen molar-refractivity contribution >= 4 is 40.6 Å². The summed E-state index contributed by atoms with van der Waals surface area (Å²) in [4.78, 5) is 23.1. The van der Waals surface area contributed by atoms with E-state index >= 15 is 0 Å². The zero-order chi connectivity index (χ0) is 23.7. The Bertz CT molecular complexity index is 1460. The summed E-state index contributed by atoms with van der Waals surface area (Å²) in [5, 5.41) is 1.81. The van der Waals surface area contributed by atoms with Crippen molar-refractivity contribution in [2.24, 2.45) is 4.99 Å². The van der Waals surface area contributed by atoms with Gasteiger partial charge in [0.25, 0.3) is 0 Å². The second-order valence-electron chi connectivity index (χ2n) is 8.06. The number of aliphatic imine (C=N–C) groups is 1. The van der Waals surface area contributed by atoms with Crippen molar-refractivity contribution in [1.82, 2.24) is 4.98 Å². The first-order valence-corrected chi connectivity index (χ1v) is 11.6. The van der Waals surface area contributed by atoms with Crippen LogP contribution in [0.2, 0.25) is 0 Å². The summed E-state index contributed by atoms with van der Waals surface area (Å²) in [5.74, 6) is 0.511. The summed E-state index contributed by atoms with van der Waals surface area (Å²) in [7, 11) is 1.61. The first-order chi connectivity index (χ1) is 16.5. The third-order valence-corrected chi connectivity index (χ3v) is 6.48. The highest BCUT2D eigenvalue weighted by Gasteiger charge is 2.25. The van der Waals surface area contributed by atoms with Gasteiger partial charge in [-0.25, -0.2) is 14.8 Å². The summed E-state index contributed by atoms with van der Waals surface area (Å²) in [6.07, 6.45) is 1.75. The molecule has 0 fully saturated rings. The van der Waals surface area contributed by atoms with Crippen molar-refractivity contribution in [3.05, 3.63) is 101 Å². The van der Waals surface area contributed by atoms with Gasteiger partial charge in [-0.2, -0.15) is 0 Å². The SMILES string of the molecule is COc1ccc(C2=N/C(=C/c3cc4cc(C)ccc4nc3Sc3ccc(C)cc3)C(=O)O2)cc1. The monoisotopic (exact) mass is 466 g/mol. The minimum Gasteiger partial charge on any atom is -0.497 e. The molecule has 168 valence electrons. The van der Waals surface area contributed by atoms with Gasteiger partial charge in [0.05, 0.1) is 12.6 Å². The number of aromatic nitrogens is 1. The van der Waals surface area contributed by atoms with Crippen molar-refractivity contribution in [2.75, 3.05) is 7.11 Å². The van der Waals surface area contributed by atoms with E-state index in [2.05, 4.69) is 42.2 Å². The predicted octanol–water partition coefficient (Wildman–Crippen LogP) is 6.36. The van der Waals surface area contributed by atoms with Gasteiger partial charge in [0.2, 0.25) is 5.90 Å². The quantitative estimate of drug-likeness (QED) is 0.253. The van der Waals surface area contributed by atoms with Gasteiger partial charge in [-0.1, -0.05) is 41.1 Å². The van der Waals surface area contributed by atoms with Crippen molar-refractivity contribution in [3.8, 4) is 5.75 Å². The molecule has 1 aliphatic rings.